The number of benzene rings is 3. The fourth-order valence-corrected chi connectivity index (χ4v) is 5.19. The maximum Gasteiger partial charge on any atom is 0.247 e. The van der Waals surface area contributed by atoms with Crippen LogP contribution in [0.25, 0.3) is 0 Å². The van der Waals surface area contributed by atoms with Gasteiger partial charge >= 0.3 is 0 Å². The summed E-state index contributed by atoms with van der Waals surface area (Å²) < 4.78 is 28.2. The number of nitrogens with one attached hydrogen (secondary N) is 2. The normalized spacial score (nSPS) is 11.1. The predicted molar refractivity (Wildman–Crippen MR) is 141 cm³/mol. The SMILES string of the molecule is C=CC(=O)Nc1ccc(Sc2ccnc(Cc3cccc(S(=O)(=O)NCc4ccccc4)c3)n2)cc1. The monoisotopic (exact) mass is 516 g/mol. The van der Waals surface area contributed by atoms with Gasteiger partial charge in [-0.3, -0.25) is 4.79 Å². The highest BCUT2D eigenvalue weighted by atomic mass is 32.2. The molecule has 0 fully saturated rings. The minimum atomic E-state index is -3.66. The molecule has 0 saturated heterocycles. The molecule has 0 spiro atoms. The summed E-state index contributed by atoms with van der Waals surface area (Å²) in [5, 5.41) is 3.47. The van der Waals surface area contributed by atoms with E-state index < -0.39 is 10.0 Å². The second-order valence-electron chi connectivity index (χ2n) is 7.77. The molecule has 0 unspecified atom stereocenters. The van der Waals surface area contributed by atoms with Crippen molar-refractivity contribution >= 4 is 33.4 Å². The Hall–Kier alpha value is -3.79. The fraction of sp³-hybridized carbons (Fsp3) is 0.0741. The van der Waals surface area contributed by atoms with Crippen LogP contribution in [-0.4, -0.2) is 24.3 Å². The number of hydrogen-bond acceptors (Lipinski definition) is 6. The quantitative estimate of drug-likeness (QED) is 0.231. The summed E-state index contributed by atoms with van der Waals surface area (Å²) in [6.07, 6.45) is 3.30. The van der Waals surface area contributed by atoms with Gasteiger partial charge in [-0.15, -0.1) is 0 Å². The second kappa shape index (κ2) is 11.8. The van der Waals surface area contributed by atoms with E-state index in [4.69, 9.17) is 0 Å². The molecule has 7 nitrogen and oxygen atoms in total. The van der Waals surface area contributed by atoms with Crippen molar-refractivity contribution in [2.75, 3.05) is 5.32 Å². The molecule has 0 atom stereocenters. The number of aromatic nitrogens is 2. The third-order valence-corrected chi connectivity index (χ3v) is 7.43. The fourth-order valence-electron chi connectivity index (χ4n) is 3.31. The van der Waals surface area contributed by atoms with E-state index in [9.17, 15) is 13.2 Å². The van der Waals surface area contributed by atoms with Crippen LogP contribution in [0.2, 0.25) is 0 Å². The van der Waals surface area contributed by atoms with Gasteiger partial charge in [0.1, 0.15) is 10.9 Å². The van der Waals surface area contributed by atoms with Crippen molar-refractivity contribution in [3.05, 3.63) is 121 Å². The zero-order valence-electron chi connectivity index (χ0n) is 19.3. The topological polar surface area (TPSA) is 101 Å². The Morgan fingerprint density at radius 2 is 1.69 bits per heavy atom. The molecular weight excluding hydrogens is 492 g/mol. The molecule has 0 radical (unpaired) electrons. The molecule has 0 aliphatic rings. The van der Waals surface area contributed by atoms with Gasteiger partial charge < -0.3 is 5.32 Å². The van der Waals surface area contributed by atoms with Crippen molar-refractivity contribution in [1.82, 2.24) is 14.7 Å². The standard InChI is InChI=1S/C27H24N4O3S2/c1-2-26(32)30-22-11-13-23(14-12-22)35-27-15-16-28-25(31-27)18-21-9-6-10-24(17-21)36(33,34)29-19-20-7-4-3-5-8-20/h2-17,29H,1,18-19H2,(H,30,32). The summed E-state index contributed by atoms with van der Waals surface area (Å²) >= 11 is 1.47. The third kappa shape index (κ3) is 7.11. The van der Waals surface area contributed by atoms with Gasteiger partial charge in [-0.1, -0.05) is 60.8 Å². The lowest BCUT2D eigenvalue weighted by Gasteiger charge is -2.09. The van der Waals surface area contributed by atoms with Gasteiger partial charge in [-0.25, -0.2) is 23.1 Å². The van der Waals surface area contributed by atoms with Gasteiger partial charge in [0.05, 0.1) is 4.90 Å². The lowest BCUT2D eigenvalue weighted by molar-refractivity contribution is -0.111. The molecule has 36 heavy (non-hydrogen) atoms. The number of hydrogen-bond donors (Lipinski definition) is 2. The Labute approximate surface area is 214 Å². The maximum atomic E-state index is 12.8. The van der Waals surface area contributed by atoms with Gasteiger partial charge in [0.15, 0.2) is 0 Å². The molecule has 0 aliphatic carbocycles. The van der Waals surface area contributed by atoms with E-state index in [1.165, 1.54) is 17.8 Å². The Kier molecular flexibility index (Phi) is 8.27. The van der Waals surface area contributed by atoms with Crippen LogP contribution < -0.4 is 10.0 Å². The van der Waals surface area contributed by atoms with E-state index in [-0.39, 0.29) is 17.3 Å². The maximum absolute atomic E-state index is 12.8. The molecule has 0 saturated carbocycles. The van der Waals surface area contributed by atoms with Gasteiger partial charge in [-0.2, -0.15) is 0 Å². The van der Waals surface area contributed by atoms with E-state index in [0.717, 1.165) is 21.0 Å². The molecule has 4 rings (SSSR count). The molecule has 9 heteroatoms. The van der Waals surface area contributed by atoms with Gasteiger partial charge in [0.25, 0.3) is 0 Å². The molecule has 1 aromatic heterocycles. The molecule has 182 valence electrons. The molecular formula is C27H24N4O3S2. The molecule has 0 bridgehead atoms. The average Bonchev–Trinajstić information content (AvgIpc) is 2.90. The molecule has 4 aromatic rings. The summed E-state index contributed by atoms with van der Waals surface area (Å²) in [5.74, 6) is 0.321. The van der Waals surface area contributed by atoms with Crippen molar-refractivity contribution in [3.8, 4) is 0 Å². The minimum Gasteiger partial charge on any atom is -0.323 e. The predicted octanol–water partition coefficient (Wildman–Crippen LogP) is 4.82. The highest BCUT2D eigenvalue weighted by molar-refractivity contribution is 7.99. The summed E-state index contributed by atoms with van der Waals surface area (Å²) in [5.41, 5.74) is 2.36. The van der Waals surface area contributed by atoms with Crippen molar-refractivity contribution in [2.24, 2.45) is 0 Å². The van der Waals surface area contributed by atoms with E-state index in [1.807, 2.05) is 66.7 Å². The molecule has 2 N–H and O–H groups in total. The third-order valence-electron chi connectivity index (χ3n) is 5.09. The number of nitrogens with zero attached hydrogens (tertiary/aromatic N) is 2. The Balaban J connectivity index is 1.42. The second-order valence-corrected chi connectivity index (χ2v) is 10.6. The number of amides is 1. The number of anilines is 1. The van der Waals surface area contributed by atoms with Crippen molar-refractivity contribution in [3.63, 3.8) is 0 Å². The molecule has 1 amide bonds. The van der Waals surface area contributed by atoms with Crippen LogP contribution in [0.1, 0.15) is 17.0 Å². The Morgan fingerprint density at radius 3 is 2.44 bits per heavy atom. The summed E-state index contributed by atoms with van der Waals surface area (Å²) in [6, 6.07) is 25.4. The van der Waals surface area contributed by atoms with Crippen LogP contribution >= 0.6 is 11.8 Å². The lowest BCUT2D eigenvalue weighted by atomic mass is 10.1. The van der Waals surface area contributed by atoms with Crippen LogP contribution in [0.3, 0.4) is 0 Å². The van der Waals surface area contributed by atoms with Crippen molar-refractivity contribution in [2.45, 2.75) is 27.8 Å². The summed E-state index contributed by atoms with van der Waals surface area (Å²) in [4.78, 5) is 21.5. The highest BCUT2D eigenvalue weighted by Gasteiger charge is 2.15. The largest absolute Gasteiger partial charge is 0.323 e. The van der Waals surface area contributed by atoms with E-state index >= 15 is 0 Å². The van der Waals surface area contributed by atoms with E-state index in [1.54, 1.807) is 24.4 Å². The van der Waals surface area contributed by atoms with Gasteiger partial charge in [-0.05, 0) is 59.7 Å². The van der Waals surface area contributed by atoms with Crippen molar-refractivity contribution < 1.29 is 13.2 Å². The zero-order valence-corrected chi connectivity index (χ0v) is 20.9. The highest BCUT2D eigenvalue weighted by Crippen LogP contribution is 2.27. The van der Waals surface area contributed by atoms with Crippen molar-refractivity contribution in [1.29, 1.82) is 0 Å². The molecule has 1 heterocycles. The minimum absolute atomic E-state index is 0.199. The van der Waals surface area contributed by atoms with E-state index in [0.29, 0.717) is 17.9 Å². The summed E-state index contributed by atoms with van der Waals surface area (Å²) in [6.45, 7) is 3.66. The molecule has 0 aliphatic heterocycles. The number of rotatable bonds is 10. The smallest absolute Gasteiger partial charge is 0.247 e. The number of carbonyl (C=O) groups excluding carboxylic acids is 1. The Morgan fingerprint density at radius 1 is 0.944 bits per heavy atom. The number of carbonyl (C=O) groups is 1. The van der Waals surface area contributed by atoms with Crippen LogP contribution in [0.4, 0.5) is 5.69 Å². The van der Waals surface area contributed by atoms with Crippen LogP contribution in [0.5, 0.6) is 0 Å². The van der Waals surface area contributed by atoms with E-state index in [2.05, 4.69) is 26.6 Å². The summed E-state index contributed by atoms with van der Waals surface area (Å²) in [7, 11) is -3.66. The lowest BCUT2D eigenvalue weighted by Crippen LogP contribution is -2.23. The number of sulfonamides is 1. The average molecular weight is 517 g/mol. The first-order valence-electron chi connectivity index (χ1n) is 11.1. The first-order chi connectivity index (χ1) is 17.4. The first kappa shape index (κ1) is 25.3. The molecule has 3 aromatic carbocycles. The van der Waals surface area contributed by atoms with Gasteiger partial charge in [0.2, 0.25) is 15.9 Å². The van der Waals surface area contributed by atoms with Crippen LogP contribution in [0.15, 0.2) is 119 Å². The zero-order chi connectivity index (χ0) is 25.4. The van der Waals surface area contributed by atoms with Crippen LogP contribution in [-0.2, 0) is 27.8 Å². The Bertz CT molecular complexity index is 1460. The first-order valence-corrected chi connectivity index (χ1v) is 13.4. The van der Waals surface area contributed by atoms with Crippen LogP contribution in [0, 0.1) is 0 Å². The van der Waals surface area contributed by atoms with Gasteiger partial charge in [0, 0.05) is 29.7 Å².